The number of aliphatic hydroxyl groups is 1. The van der Waals surface area contributed by atoms with Gasteiger partial charge in [-0.3, -0.25) is 4.90 Å². The van der Waals surface area contributed by atoms with Crippen LogP contribution in [0, 0.1) is 0 Å². The van der Waals surface area contributed by atoms with Crippen molar-refractivity contribution in [3.63, 3.8) is 0 Å². The largest absolute Gasteiger partial charge is 0.387 e. The second kappa shape index (κ2) is 5.28. The Kier molecular flexibility index (Phi) is 3.28. The molecule has 2 aromatic rings. The van der Waals surface area contributed by atoms with Gasteiger partial charge in [0, 0.05) is 37.8 Å². The minimum Gasteiger partial charge on any atom is -0.387 e. The number of aromatic nitrogens is 2. The second-order valence-corrected chi connectivity index (χ2v) is 6.19. The Morgan fingerprint density at radius 3 is 2.81 bits per heavy atom. The van der Waals surface area contributed by atoms with Gasteiger partial charge in [0.2, 0.25) is 0 Å². The minimum absolute atomic E-state index is 0.418. The number of hydrogen-bond donors (Lipinski definition) is 1. The van der Waals surface area contributed by atoms with Crippen molar-refractivity contribution >= 4 is 0 Å². The van der Waals surface area contributed by atoms with Crippen LogP contribution in [-0.4, -0.2) is 32.6 Å². The summed E-state index contributed by atoms with van der Waals surface area (Å²) in [5.41, 5.74) is 3.61. The summed E-state index contributed by atoms with van der Waals surface area (Å²) in [5, 5.41) is 10.4. The molecule has 2 aliphatic rings. The van der Waals surface area contributed by atoms with E-state index in [0.29, 0.717) is 12.6 Å². The lowest BCUT2D eigenvalue weighted by molar-refractivity contribution is 0.104. The van der Waals surface area contributed by atoms with Crippen molar-refractivity contribution in [2.24, 2.45) is 0 Å². The fourth-order valence-electron chi connectivity index (χ4n) is 3.23. The van der Waals surface area contributed by atoms with Gasteiger partial charge in [-0.05, 0) is 18.4 Å². The number of hydrogen-bond acceptors (Lipinski definition) is 3. The van der Waals surface area contributed by atoms with Crippen LogP contribution in [0.25, 0.3) is 0 Å². The first-order valence-electron chi connectivity index (χ1n) is 7.81. The maximum absolute atomic E-state index is 10.4. The quantitative estimate of drug-likeness (QED) is 0.936. The number of rotatable bonds is 4. The van der Waals surface area contributed by atoms with Crippen molar-refractivity contribution in [2.45, 2.75) is 38.0 Å². The molecule has 0 saturated heterocycles. The van der Waals surface area contributed by atoms with Crippen LogP contribution in [0.1, 0.15) is 41.9 Å². The molecule has 0 radical (unpaired) electrons. The van der Waals surface area contributed by atoms with E-state index >= 15 is 0 Å². The number of β-amino-alcohol motifs (C(OH)–C–C–N with tert-alkyl or cyclic N) is 1. The first-order valence-corrected chi connectivity index (χ1v) is 7.81. The molecule has 1 atom stereocenters. The SMILES string of the molecule is OC(CN1CCc2c(ncn2C2CC2)C1)c1ccccc1. The van der Waals surface area contributed by atoms with Crippen LogP contribution in [0.4, 0.5) is 0 Å². The van der Waals surface area contributed by atoms with Gasteiger partial charge >= 0.3 is 0 Å². The molecule has 1 aliphatic carbocycles. The lowest BCUT2D eigenvalue weighted by Gasteiger charge is -2.29. The second-order valence-electron chi connectivity index (χ2n) is 6.19. The highest BCUT2D eigenvalue weighted by Crippen LogP contribution is 2.37. The fourth-order valence-corrected chi connectivity index (χ4v) is 3.23. The van der Waals surface area contributed by atoms with Crippen LogP contribution >= 0.6 is 0 Å². The van der Waals surface area contributed by atoms with Crippen molar-refractivity contribution in [3.8, 4) is 0 Å². The van der Waals surface area contributed by atoms with Gasteiger partial charge in [-0.2, -0.15) is 0 Å². The molecule has 1 unspecified atom stereocenters. The van der Waals surface area contributed by atoms with Gasteiger partial charge in [-0.15, -0.1) is 0 Å². The normalized spacial score (nSPS) is 20.2. The van der Waals surface area contributed by atoms with Crippen LogP contribution < -0.4 is 0 Å². The van der Waals surface area contributed by atoms with Crippen molar-refractivity contribution < 1.29 is 5.11 Å². The predicted molar refractivity (Wildman–Crippen MR) is 80.9 cm³/mol. The van der Waals surface area contributed by atoms with Crippen LogP contribution in [-0.2, 0) is 13.0 Å². The molecule has 21 heavy (non-hydrogen) atoms. The molecule has 0 amide bonds. The molecule has 1 fully saturated rings. The summed E-state index contributed by atoms with van der Waals surface area (Å²) in [6.07, 6.45) is 5.25. The van der Waals surface area contributed by atoms with Crippen molar-refractivity contribution in [2.75, 3.05) is 13.1 Å². The molecule has 1 aliphatic heterocycles. The van der Waals surface area contributed by atoms with Crippen LogP contribution in [0.5, 0.6) is 0 Å². The third-order valence-electron chi connectivity index (χ3n) is 4.58. The summed E-state index contributed by atoms with van der Waals surface area (Å²) in [5.74, 6) is 0. The molecule has 4 heteroatoms. The Balaban J connectivity index is 1.44. The van der Waals surface area contributed by atoms with Gasteiger partial charge < -0.3 is 9.67 Å². The van der Waals surface area contributed by atoms with E-state index in [1.165, 1.54) is 24.2 Å². The van der Waals surface area contributed by atoms with Gasteiger partial charge in [0.1, 0.15) is 0 Å². The molecule has 0 bridgehead atoms. The number of fused-ring (bicyclic) bond motifs is 1. The number of aliphatic hydroxyl groups excluding tert-OH is 1. The molecule has 0 spiro atoms. The maximum atomic E-state index is 10.4. The monoisotopic (exact) mass is 283 g/mol. The summed E-state index contributed by atoms with van der Waals surface area (Å²) in [6.45, 7) is 2.55. The smallest absolute Gasteiger partial charge is 0.0954 e. The highest BCUT2D eigenvalue weighted by Gasteiger charge is 2.29. The third-order valence-corrected chi connectivity index (χ3v) is 4.58. The molecule has 1 N–H and O–H groups in total. The van der Waals surface area contributed by atoms with Crippen molar-refractivity contribution in [1.29, 1.82) is 0 Å². The van der Waals surface area contributed by atoms with E-state index in [-0.39, 0.29) is 0 Å². The van der Waals surface area contributed by atoms with Gasteiger partial charge in [-0.1, -0.05) is 30.3 Å². The summed E-state index contributed by atoms with van der Waals surface area (Å²) >= 11 is 0. The van der Waals surface area contributed by atoms with Crippen molar-refractivity contribution in [3.05, 3.63) is 53.6 Å². The Hall–Kier alpha value is -1.65. The molecule has 1 aromatic carbocycles. The summed E-state index contributed by atoms with van der Waals surface area (Å²) in [4.78, 5) is 6.90. The third kappa shape index (κ3) is 2.61. The standard InChI is InChI=1S/C17H21N3O/c21-17(13-4-2-1-3-5-13)11-19-9-8-16-15(10-19)18-12-20(16)14-6-7-14/h1-5,12,14,17,21H,6-11H2. The zero-order valence-corrected chi connectivity index (χ0v) is 12.2. The first kappa shape index (κ1) is 13.0. The molecule has 4 rings (SSSR count). The molecule has 1 aromatic heterocycles. The van der Waals surface area contributed by atoms with E-state index in [2.05, 4.69) is 14.5 Å². The Labute approximate surface area is 125 Å². The van der Waals surface area contributed by atoms with E-state index < -0.39 is 6.10 Å². The van der Waals surface area contributed by atoms with Gasteiger partial charge in [0.05, 0.1) is 18.1 Å². The number of nitrogens with zero attached hydrogens (tertiary/aromatic N) is 3. The van der Waals surface area contributed by atoms with Gasteiger partial charge in [0.15, 0.2) is 0 Å². The van der Waals surface area contributed by atoms with Crippen molar-refractivity contribution in [1.82, 2.24) is 14.5 Å². The van der Waals surface area contributed by atoms with E-state index in [0.717, 1.165) is 25.1 Å². The van der Waals surface area contributed by atoms with E-state index in [1.807, 2.05) is 36.7 Å². The zero-order valence-electron chi connectivity index (χ0n) is 12.2. The van der Waals surface area contributed by atoms with Crippen LogP contribution in [0.2, 0.25) is 0 Å². The maximum Gasteiger partial charge on any atom is 0.0954 e. The Bertz CT molecular complexity index is 618. The van der Waals surface area contributed by atoms with Gasteiger partial charge in [0.25, 0.3) is 0 Å². The average Bonchev–Trinajstić information content (AvgIpc) is 3.28. The molecular formula is C17H21N3O. The highest BCUT2D eigenvalue weighted by molar-refractivity contribution is 5.20. The molecule has 2 heterocycles. The summed E-state index contributed by atoms with van der Waals surface area (Å²) in [6, 6.07) is 10.6. The first-order chi connectivity index (χ1) is 10.3. The number of imidazole rings is 1. The van der Waals surface area contributed by atoms with Gasteiger partial charge in [-0.25, -0.2) is 4.98 Å². The van der Waals surface area contributed by atoms with E-state index in [4.69, 9.17) is 0 Å². The Morgan fingerprint density at radius 1 is 1.24 bits per heavy atom. The predicted octanol–water partition coefficient (Wildman–Crippen LogP) is 2.31. The van der Waals surface area contributed by atoms with Crippen LogP contribution in [0.3, 0.4) is 0 Å². The fraction of sp³-hybridized carbons (Fsp3) is 0.471. The minimum atomic E-state index is -0.418. The zero-order chi connectivity index (χ0) is 14.2. The molecule has 1 saturated carbocycles. The molecule has 110 valence electrons. The number of benzene rings is 1. The van der Waals surface area contributed by atoms with Crippen LogP contribution in [0.15, 0.2) is 36.7 Å². The average molecular weight is 283 g/mol. The molecule has 4 nitrogen and oxygen atoms in total. The van der Waals surface area contributed by atoms with E-state index in [1.54, 1.807) is 0 Å². The lowest BCUT2D eigenvalue weighted by atomic mass is 10.1. The van der Waals surface area contributed by atoms with E-state index in [9.17, 15) is 5.11 Å². The molecular weight excluding hydrogens is 262 g/mol. The lowest BCUT2D eigenvalue weighted by Crippen LogP contribution is -2.34. The topological polar surface area (TPSA) is 41.3 Å². The summed E-state index contributed by atoms with van der Waals surface area (Å²) in [7, 11) is 0. The highest BCUT2D eigenvalue weighted by atomic mass is 16.3. The Morgan fingerprint density at radius 2 is 2.05 bits per heavy atom. The summed E-state index contributed by atoms with van der Waals surface area (Å²) < 4.78 is 2.38.